The molecule has 102 valence electrons. The lowest BCUT2D eigenvalue weighted by molar-refractivity contribution is 0.0957. The van der Waals surface area contributed by atoms with E-state index in [1.807, 2.05) is 42.6 Å². The molecule has 0 saturated carbocycles. The third kappa shape index (κ3) is 2.58. The molecule has 0 saturated heterocycles. The number of aromatic amines is 1. The van der Waals surface area contributed by atoms with Gasteiger partial charge < -0.3 is 10.3 Å². The molecule has 0 unspecified atom stereocenters. The molecule has 4 nitrogen and oxygen atoms in total. The zero-order chi connectivity index (χ0) is 13.9. The van der Waals surface area contributed by atoms with Crippen molar-refractivity contribution in [3.05, 3.63) is 52.0 Å². The Morgan fingerprint density at radius 1 is 1.35 bits per heavy atom. The van der Waals surface area contributed by atoms with Crippen molar-refractivity contribution in [1.82, 2.24) is 15.3 Å². The van der Waals surface area contributed by atoms with Crippen LogP contribution in [0.15, 0.2) is 35.7 Å². The van der Waals surface area contributed by atoms with E-state index in [1.165, 1.54) is 11.3 Å². The summed E-state index contributed by atoms with van der Waals surface area (Å²) < 4.78 is 0. The van der Waals surface area contributed by atoms with E-state index in [0.717, 1.165) is 27.3 Å². The van der Waals surface area contributed by atoms with Crippen molar-refractivity contribution >= 4 is 28.3 Å². The Hall–Kier alpha value is -2.14. The Morgan fingerprint density at radius 2 is 2.20 bits per heavy atom. The van der Waals surface area contributed by atoms with E-state index in [-0.39, 0.29) is 5.91 Å². The van der Waals surface area contributed by atoms with Gasteiger partial charge in [-0.3, -0.25) is 4.79 Å². The fourth-order valence-electron chi connectivity index (χ4n) is 2.10. The van der Waals surface area contributed by atoms with E-state index in [1.54, 1.807) is 0 Å². The highest BCUT2D eigenvalue weighted by atomic mass is 32.1. The van der Waals surface area contributed by atoms with Gasteiger partial charge in [-0.05, 0) is 36.1 Å². The highest BCUT2D eigenvalue weighted by Gasteiger charge is 2.10. The number of aryl methyl sites for hydroxylation is 1. The van der Waals surface area contributed by atoms with Gasteiger partial charge >= 0.3 is 0 Å². The molecule has 0 fully saturated rings. The van der Waals surface area contributed by atoms with Crippen molar-refractivity contribution < 1.29 is 4.79 Å². The average Bonchev–Trinajstić information content (AvgIpc) is 3.04. The lowest BCUT2D eigenvalue weighted by atomic mass is 10.3. The Labute approximate surface area is 120 Å². The number of aromatic nitrogens is 2. The highest BCUT2D eigenvalue weighted by Crippen LogP contribution is 2.15. The van der Waals surface area contributed by atoms with Crippen LogP contribution in [0.2, 0.25) is 0 Å². The van der Waals surface area contributed by atoms with Gasteiger partial charge in [0.1, 0.15) is 5.82 Å². The van der Waals surface area contributed by atoms with Crippen molar-refractivity contribution in [1.29, 1.82) is 0 Å². The minimum atomic E-state index is -0.00592. The fraction of sp³-hybridized carbons (Fsp3) is 0.200. The molecule has 1 amide bonds. The number of carbonyl (C=O) groups is 1. The van der Waals surface area contributed by atoms with E-state index in [2.05, 4.69) is 15.3 Å². The predicted molar refractivity (Wildman–Crippen MR) is 81.2 cm³/mol. The number of nitrogens with zero attached hydrogens (tertiary/aromatic N) is 1. The molecule has 0 aliphatic carbocycles. The van der Waals surface area contributed by atoms with E-state index in [0.29, 0.717) is 13.0 Å². The number of amides is 1. The van der Waals surface area contributed by atoms with Gasteiger partial charge in [0.25, 0.3) is 5.91 Å². The van der Waals surface area contributed by atoms with Crippen molar-refractivity contribution in [2.45, 2.75) is 13.3 Å². The van der Waals surface area contributed by atoms with Crippen LogP contribution in [0.5, 0.6) is 0 Å². The minimum absolute atomic E-state index is 0.00592. The van der Waals surface area contributed by atoms with Crippen LogP contribution in [0.25, 0.3) is 11.0 Å². The number of thiophene rings is 1. The summed E-state index contributed by atoms with van der Waals surface area (Å²) >= 11 is 1.47. The molecular weight excluding hydrogens is 270 g/mol. The SMILES string of the molecule is Cc1ccsc1C(=O)NCCc1nc2ccccc2[nH]1. The maximum Gasteiger partial charge on any atom is 0.261 e. The van der Waals surface area contributed by atoms with Crippen LogP contribution in [0.3, 0.4) is 0 Å². The summed E-state index contributed by atoms with van der Waals surface area (Å²) in [5.74, 6) is 0.892. The Balaban J connectivity index is 1.60. The number of benzene rings is 1. The van der Waals surface area contributed by atoms with E-state index in [4.69, 9.17) is 0 Å². The molecule has 3 aromatic rings. The van der Waals surface area contributed by atoms with Crippen LogP contribution in [0.1, 0.15) is 21.1 Å². The summed E-state index contributed by atoms with van der Waals surface area (Å²) in [7, 11) is 0. The molecular formula is C15H15N3OS. The van der Waals surface area contributed by atoms with Crippen LogP contribution in [-0.2, 0) is 6.42 Å². The number of H-pyrrole nitrogens is 1. The minimum Gasteiger partial charge on any atom is -0.351 e. The van der Waals surface area contributed by atoms with Crippen molar-refractivity contribution in [3.8, 4) is 0 Å². The molecule has 0 bridgehead atoms. The molecule has 2 heterocycles. The van der Waals surface area contributed by atoms with Crippen LogP contribution in [-0.4, -0.2) is 22.4 Å². The summed E-state index contributed by atoms with van der Waals surface area (Å²) in [4.78, 5) is 20.5. The first kappa shape index (κ1) is 12.9. The number of para-hydroxylation sites is 2. The summed E-state index contributed by atoms with van der Waals surface area (Å²) in [5.41, 5.74) is 3.02. The molecule has 3 rings (SSSR count). The normalized spacial score (nSPS) is 10.8. The monoisotopic (exact) mass is 285 g/mol. The van der Waals surface area contributed by atoms with Crippen LogP contribution >= 0.6 is 11.3 Å². The first-order chi connectivity index (χ1) is 9.74. The zero-order valence-electron chi connectivity index (χ0n) is 11.1. The summed E-state index contributed by atoms with van der Waals surface area (Å²) in [5, 5.41) is 4.86. The summed E-state index contributed by atoms with van der Waals surface area (Å²) in [6.07, 6.45) is 0.699. The second-order valence-corrected chi connectivity index (χ2v) is 5.56. The third-order valence-electron chi connectivity index (χ3n) is 3.15. The number of fused-ring (bicyclic) bond motifs is 1. The van der Waals surface area contributed by atoms with E-state index in [9.17, 15) is 4.79 Å². The summed E-state index contributed by atoms with van der Waals surface area (Å²) in [6.45, 7) is 2.53. The molecule has 5 heteroatoms. The second-order valence-electron chi connectivity index (χ2n) is 4.64. The molecule has 1 aromatic carbocycles. The zero-order valence-corrected chi connectivity index (χ0v) is 12.0. The first-order valence-corrected chi connectivity index (χ1v) is 7.38. The molecule has 0 aliphatic heterocycles. The maximum atomic E-state index is 12.0. The van der Waals surface area contributed by atoms with Gasteiger partial charge in [-0.25, -0.2) is 4.98 Å². The van der Waals surface area contributed by atoms with Gasteiger partial charge in [-0.1, -0.05) is 12.1 Å². The smallest absolute Gasteiger partial charge is 0.261 e. The quantitative estimate of drug-likeness (QED) is 0.774. The molecule has 0 aliphatic rings. The van der Waals surface area contributed by atoms with Gasteiger partial charge in [-0.2, -0.15) is 0 Å². The second kappa shape index (κ2) is 5.46. The third-order valence-corrected chi connectivity index (χ3v) is 4.17. The Bertz CT molecular complexity index is 711. The number of rotatable bonds is 4. The Kier molecular flexibility index (Phi) is 3.52. The average molecular weight is 285 g/mol. The van der Waals surface area contributed by atoms with Gasteiger partial charge in [0.15, 0.2) is 0 Å². The Morgan fingerprint density at radius 3 is 2.95 bits per heavy atom. The lowest BCUT2D eigenvalue weighted by Crippen LogP contribution is -2.25. The van der Waals surface area contributed by atoms with Crippen molar-refractivity contribution in [2.75, 3.05) is 6.54 Å². The first-order valence-electron chi connectivity index (χ1n) is 6.50. The van der Waals surface area contributed by atoms with Gasteiger partial charge in [0.05, 0.1) is 15.9 Å². The van der Waals surface area contributed by atoms with Crippen molar-refractivity contribution in [3.63, 3.8) is 0 Å². The number of hydrogen-bond donors (Lipinski definition) is 2. The molecule has 2 aromatic heterocycles. The standard InChI is InChI=1S/C15H15N3OS/c1-10-7-9-20-14(10)15(19)16-8-6-13-17-11-4-2-3-5-12(11)18-13/h2-5,7,9H,6,8H2,1H3,(H,16,19)(H,17,18). The maximum absolute atomic E-state index is 12.0. The van der Waals surface area contributed by atoms with Crippen molar-refractivity contribution in [2.24, 2.45) is 0 Å². The van der Waals surface area contributed by atoms with Crippen LogP contribution in [0.4, 0.5) is 0 Å². The number of nitrogens with one attached hydrogen (secondary N) is 2. The molecule has 20 heavy (non-hydrogen) atoms. The topological polar surface area (TPSA) is 57.8 Å². The van der Waals surface area contributed by atoms with Crippen LogP contribution < -0.4 is 5.32 Å². The number of hydrogen-bond acceptors (Lipinski definition) is 3. The predicted octanol–water partition coefficient (Wildman–Crippen LogP) is 2.91. The molecule has 0 radical (unpaired) electrons. The van der Waals surface area contributed by atoms with Gasteiger partial charge in [0, 0.05) is 13.0 Å². The highest BCUT2D eigenvalue weighted by molar-refractivity contribution is 7.12. The molecule has 0 atom stereocenters. The van der Waals surface area contributed by atoms with Gasteiger partial charge in [0.2, 0.25) is 0 Å². The molecule has 2 N–H and O–H groups in total. The van der Waals surface area contributed by atoms with Crippen LogP contribution in [0, 0.1) is 6.92 Å². The largest absolute Gasteiger partial charge is 0.351 e. The number of carbonyl (C=O) groups excluding carboxylic acids is 1. The lowest BCUT2D eigenvalue weighted by Gasteiger charge is -2.02. The van der Waals surface area contributed by atoms with E-state index < -0.39 is 0 Å². The fourth-order valence-corrected chi connectivity index (χ4v) is 2.95. The number of imidazole rings is 1. The summed E-state index contributed by atoms with van der Waals surface area (Å²) in [6, 6.07) is 9.88. The molecule has 0 spiro atoms. The van der Waals surface area contributed by atoms with Gasteiger partial charge in [-0.15, -0.1) is 11.3 Å². The van der Waals surface area contributed by atoms with E-state index >= 15 is 0 Å².